The minimum absolute atomic E-state index is 0.0926. The van der Waals surface area contributed by atoms with Crippen LogP contribution in [0.15, 0.2) is 77.7 Å². The highest BCUT2D eigenvalue weighted by Crippen LogP contribution is 2.29. The zero-order valence-electron chi connectivity index (χ0n) is 19.9. The summed E-state index contributed by atoms with van der Waals surface area (Å²) >= 11 is 0. The molecule has 2 N–H and O–H groups in total. The summed E-state index contributed by atoms with van der Waals surface area (Å²) in [6.07, 6.45) is 0.917. The van der Waals surface area contributed by atoms with Gasteiger partial charge in [0.15, 0.2) is 0 Å². The van der Waals surface area contributed by atoms with E-state index in [1.165, 1.54) is 30.2 Å². The second-order valence-electron chi connectivity index (χ2n) is 8.26. The first kappa shape index (κ1) is 25.1. The lowest BCUT2D eigenvalue weighted by Gasteiger charge is -2.25. The van der Waals surface area contributed by atoms with E-state index >= 15 is 0 Å². The number of amides is 3. The van der Waals surface area contributed by atoms with Gasteiger partial charge in [-0.3, -0.25) is 4.79 Å². The lowest BCUT2D eigenvalue weighted by molar-refractivity contribution is -0.120. The van der Waals surface area contributed by atoms with Gasteiger partial charge >= 0.3 is 6.03 Å². The third-order valence-corrected chi connectivity index (χ3v) is 7.23. The number of fused-ring (bicyclic) bond motifs is 1. The molecule has 3 aromatic carbocycles. The number of carbonyl (C=O) groups is 2. The second-order valence-corrected chi connectivity index (χ2v) is 9.91. The van der Waals surface area contributed by atoms with Crippen LogP contribution < -0.4 is 24.4 Å². The van der Waals surface area contributed by atoms with Crippen molar-refractivity contribution in [3.8, 4) is 11.5 Å². The smallest absolute Gasteiger partial charge is 0.329 e. The Morgan fingerprint density at radius 2 is 1.78 bits per heavy atom. The third kappa shape index (κ3) is 5.60. The van der Waals surface area contributed by atoms with Crippen LogP contribution in [0.1, 0.15) is 11.1 Å². The van der Waals surface area contributed by atoms with E-state index in [1.54, 1.807) is 19.2 Å². The van der Waals surface area contributed by atoms with E-state index in [1.807, 2.05) is 47.2 Å². The van der Waals surface area contributed by atoms with Crippen molar-refractivity contribution in [2.45, 2.75) is 23.8 Å². The molecule has 0 saturated heterocycles. The molecular formula is C26H27N3O6S. The van der Waals surface area contributed by atoms with Gasteiger partial charge in [-0.05, 0) is 41.5 Å². The Balaban J connectivity index is 1.55. The van der Waals surface area contributed by atoms with Gasteiger partial charge in [-0.25, -0.2) is 17.9 Å². The Bertz CT molecular complexity index is 1360. The number of ether oxygens (including phenoxy) is 2. The fourth-order valence-corrected chi connectivity index (χ4v) is 5.08. The third-order valence-electron chi connectivity index (χ3n) is 5.86. The Morgan fingerprint density at radius 1 is 1.06 bits per heavy atom. The number of urea groups is 1. The number of nitrogens with one attached hydrogen (secondary N) is 2. The summed E-state index contributed by atoms with van der Waals surface area (Å²) in [6.45, 7) is 0.593. The summed E-state index contributed by atoms with van der Waals surface area (Å²) in [7, 11) is -1.30. The molecule has 0 fully saturated rings. The number of likely N-dealkylation sites (N-methyl/N-ethyl adjacent to an activating group) is 1. The Morgan fingerprint density at radius 3 is 2.53 bits per heavy atom. The van der Waals surface area contributed by atoms with Gasteiger partial charge in [0.1, 0.15) is 22.4 Å². The first-order chi connectivity index (χ1) is 17.3. The number of anilines is 1. The van der Waals surface area contributed by atoms with Crippen molar-refractivity contribution in [1.29, 1.82) is 0 Å². The van der Waals surface area contributed by atoms with Crippen LogP contribution in [0.5, 0.6) is 11.5 Å². The molecule has 0 aromatic heterocycles. The number of sulfonamides is 1. The Kier molecular flexibility index (Phi) is 7.44. The zero-order valence-corrected chi connectivity index (χ0v) is 20.7. The number of carbonyl (C=O) groups excluding carboxylic acids is 2. The van der Waals surface area contributed by atoms with Crippen molar-refractivity contribution in [3.05, 3.63) is 83.9 Å². The molecule has 4 rings (SSSR count). The molecule has 1 aliphatic rings. The van der Waals surface area contributed by atoms with Gasteiger partial charge in [0.05, 0.1) is 13.7 Å². The summed E-state index contributed by atoms with van der Waals surface area (Å²) in [5.74, 6) is 0.483. The minimum atomic E-state index is -4.25. The van der Waals surface area contributed by atoms with Crippen molar-refractivity contribution in [2.75, 3.05) is 25.7 Å². The Labute approximate surface area is 210 Å². The first-order valence-corrected chi connectivity index (χ1v) is 12.8. The van der Waals surface area contributed by atoms with E-state index in [0.717, 1.165) is 23.3 Å². The van der Waals surface area contributed by atoms with Crippen LogP contribution in [0.3, 0.4) is 0 Å². The normalized spacial score (nSPS) is 13.2. The van der Waals surface area contributed by atoms with Crippen LogP contribution >= 0.6 is 0 Å². The van der Waals surface area contributed by atoms with Crippen LogP contribution in [-0.2, 0) is 27.7 Å². The van der Waals surface area contributed by atoms with Gasteiger partial charge in [0.25, 0.3) is 10.0 Å². The van der Waals surface area contributed by atoms with Crippen molar-refractivity contribution < 1.29 is 27.5 Å². The maximum Gasteiger partial charge on any atom is 0.329 e. The van der Waals surface area contributed by atoms with Crippen LogP contribution in [0, 0.1) is 0 Å². The highest BCUT2D eigenvalue weighted by molar-refractivity contribution is 7.90. The number of hydrogen-bond donors (Lipinski definition) is 2. The van der Waals surface area contributed by atoms with Crippen molar-refractivity contribution in [1.82, 2.24) is 10.0 Å². The summed E-state index contributed by atoms with van der Waals surface area (Å²) in [4.78, 5) is 27.6. The van der Waals surface area contributed by atoms with E-state index in [2.05, 4.69) is 5.32 Å². The summed E-state index contributed by atoms with van der Waals surface area (Å²) in [5.41, 5.74) is 2.45. The fraction of sp³-hybridized carbons (Fsp3) is 0.231. The average Bonchev–Trinajstić information content (AvgIpc) is 3.35. The lowest BCUT2D eigenvalue weighted by Crippen LogP contribution is -2.52. The van der Waals surface area contributed by atoms with Crippen LogP contribution in [0.2, 0.25) is 0 Å². The molecule has 1 atom stereocenters. The van der Waals surface area contributed by atoms with Crippen molar-refractivity contribution in [3.63, 3.8) is 0 Å². The second kappa shape index (κ2) is 10.7. The zero-order chi connectivity index (χ0) is 25.7. The molecule has 0 radical (unpaired) electrons. The molecule has 3 aromatic rings. The summed E-state index contributed by atoms with van der Waals surface area (Å²) < 4.78 is 38.3. The predicted octanol–water partition coefficient (Wildman–Crippen LogP) is 2.89. The summed E-state index contributed by atoms with van der Waals surface area (Å²) in [6, 6.07) is 18.5. The topological polar surface area (TPSA) is 114 Å². The molecule has 0 spiro atoms. The van der Waals surface area contributed by atoms with Crippen molar-refractivity contribution in [2.24, 2.45) is 0 Å². The average molecular weight is 510 g/mol. The summed E-state index contributed by atoms with van der Waals surface area (Å²) in [5, 5.41) is 2.55. The number of hydrogen-bond acceptors (Lipinski definition) is 6. The van der Waals surface area contributed by atoms with Gasteiger partial charge in [-0.1, -0.05) is 42.5 Å². The standard InChI is InChI=1S/C26H27N3O6S/c1-29(20-12-13-22-19(17-20)14-15-35-22)25(30)21(16-18-8-4-3-5-9-18)27-26(31)28-36(32,33)24-11-7-6-10-23(24)34-2/h3-13,17,21H,14-16H2,1-2H3,(H2,27,28,31)/t21-/m0/s1. The number of nitrogens with zero attached hydrogens (tertiary/aromatic N) is 1. The SMILES string of the molecule is COc1ccccc1S(=O)(=O)NC(=O)N[C@@H](Cc1ccccc1)C(=O)N(C)c1ccc2c(c1)CCO2. The van der Waals surface area contributed by atoms with Gasteiger partial charge in [0, 0.05) is 25.6 Å². The molecule has 1 heterocycles. The molecule has 36 heavy (non-hydrogen) atoms. The van der Waals surface area contributed by atoms with E-state index in [9.17, 15) is 18.0 Å². The highest BCUT2D eigenvalue weighted by Gasteiger charge is 2.29. The molecule has 0 unspecified atom stereocenters. The predicted molar refractivity (Wildman–Crippen MR) is 135 cm³/mol. The highest BCUT2D eigenvalue weighted by atomic mass is 32.2. The maximum absolute atomic E-state index is 13.5. The molecule has 188 valence electrons. The van der Waals surface area contributed by atoms with Gasteiger partial charge in [-0.15, -0.1) is 0 Å². The largest absolute Gasteiger partial charge is 0.495 e. The number of para-hydroxylation sites is 1. The quantitative estimate of drug-likeness (QED) is 0.483. The van der Waals surface area contributed by atoms with E-state index in [0.29, 0.717) is 12.3 Å². The van der Waals surface area contributed by atoms with Crippen LogP contribution in [-0.4, -0.2) is 47.2 Å². The van der Waals surface area contributed by atoms with E-state index in [4.69, 9.17) is 9.47 Å². The molecule has 0 aliphatic carbocycles. The fourth-order valence-electron chi connectivity index (χ4n) is 4.00. The van der Waals surface area contributed by atoms with E-state index in [-0.39, 0.29) is 17.1 Å². The van der Waals surface area contributed by atoms with Crippen LogP contribution in [0.25, 0.3) is 0 Å². The molecule has 3 amide bonds. The monoisotopic (exact) mass is 509 g/mol. The van der Waals surface area contributed by atoms with Gasteiger partial charge in [0.2, 0.25) is 5.91 Å². The number of benzene rings is 3. The molecular weight excluding hydrogens is 482 g/mol. The molecule has 0 bridgehead atoms. The molecule has 0 saturated carbocycles. The van der Waals surface area contributed by atoms with Gasteiger partial charge in [-0.2, -0.15) is 0 Å². The minimum Gasteiger partial charge on any atom is -0.495 e. The lowest BCUT2D eigenvalue weighted by atomic mass is 10.0. The van der Waals surface area contributed by atoms with Gasteiger partial charge < -0.3 is 19.7 Å². The Hall–Kier alpha value is -4.05. The number of methoxy groups -OCH3 is 1. The van der Waals surface area contributed by atoms with Crippen molar-refractivity contribution >= 4 is 27.6 Å². The first-order valence-electron chi connectivity index (χ1n) is 11.3. The molecule has 9 nitrogen and oxygen atoms in total. The molecule has 1 aliphatic heterocycles. The van der Waals surface area contributed by atoms with E-state index < -0.39 is 28.0 Å². The maximum atomic E-state index is 13.5. The van der Waals surface area contributed by atoms with Crippen LogP contribution in [0.4, 0.5) is 10.5 Å². The molecule has 10 heteroatoms. The number of rotatable bonds is 8.